The summed E-state index contributed by atoms with van der Waals surface area (Å²) >= 11 is 0. The average Bonchev–Trinajstić information content (AvgIpc) is 2.86. The Bertz CT molecular complexity index is 366. The number of carbonyl (C=O) groups excluding carboxylic acids is 2. The summed E-state index contributed by atoms with van der Waals surface area (Å²) in [7, 11) is 0. The van der Waals surface area contributed by atoms with Gasteiger partial charge in [-0.1, -0.05) is 19.3 Å². The minimum atomic E-state index is -0.502. The van der Waals surface area contributed by atoms with Crippen molar-refractivity contribution >= 4 is 11.9 Å². The molecule has 2 fully saturated rings. The minimum absolute atomic E-state index is 0.164. The summed E-state index contributed by atoms with van der Waals surface area (Å²) in [5.41, 5.74) is -0.502. The number of carbonyl (C=O) groups is 2. The van der Waals surface area contributed by atoms with Crippen molar-refractivity contribution in [3.63, 3.8) is 0 Å². The highest BCUT2D eigenvalue weighted by Crippen LogP contribution is 2.30. The van der Waals surface area contributed by atoms with E-state index in [1.165, 1.54) is 6.42 Å². The third kappa shape index (κ3) is 3.74. The number of rotatable bonds is 2. The summed E-state index contributed by atoms with van der Waals surface area (Å²) in [4.78, 5) is 26.5. The van der Waals surface area contributed by atoms with Crippen LogP contribution >= 0.6 is 0 Å². The molecule has 0 aromatic rings. The predicted molar refractivity (Wildman–Crippen MR) is 77.5 cm³/mol. The molecule has 4 nitrogen and oxygen atoms in total. The Balaban J connectivity index is 1.99. The van der Waals surface area contributed by atoms with E-state index in [4.69, 9.17) is 4.74 Å². The van der Waals surface area contributed by atoms with Crippen LogP contribution in [0, 0.1) is 5.92 Å². The molecule has 1 aliphatic heterocycles. The molecule has 0 bridgehead atoms. The van der Waals surface area contributed by atoms with E-state index < -0.39 is 5.60 Å². The highest BCUT2D eigenvalue weighted by molar-refractivity contribution is 5.89. The molecule has 1 amide bonds. The van der Waals surface area contributed by atoms with Crippen LogP contribution in [-0.2, 0) is 9.53 Å². The molecule has 20 heavy (non-hydrogen) atoms. The van der Waals surface area contributed by atoms with E-state index in [2.05, 4.69) is 0 Å². The molecule has 2 aliphatic rings. The van der Waals surface area contributed by atoms with Crippen LogP contribution in [0.3, 0.4) is 0 Å². The van der Waals surface area contributed by atoms with Crippen LogP contribution in [0.25, 0.3) is 0 Å². The minimum Gasteiger partial charge on any atom is -0.444 e. The number of likely N-dealkylation sites (tertiary alicyclic amines) is 1. The Morgan fingerprint density at radius 3 is 2.25 bits per heavy atom. The summed E-state index contributed by atoms with van der Waals surface area (Å²) < 4.78 is 5.42. The van der Waals surface area contributed by atoms with Crippen molar-refractivity contribution in [3.8, 4) is 0 Å². The second kappa shape index (κ2) is 6.15. The van der Waals surface area contributed by atoms with Gasteiger partial charge in [0.15, 0.2) is 5.78 Å². The van der Waals surface area contributed by atoms with Crippen molar-refractivity contribution in [3.05, 3.63) is 0 Å². The maximum absolute atomic E-state index is 12.6. The maximum Gasteiger partial charge on any atom is 0.410 e. The van der Waals surface area contributed by atoms with Crippen LogP contribution in [0.1, 0.15) is 65.7 Å². The number of nitrogens with zero attached hydrogens (tertiary/aromatic N) is 1. The number of hydrogen-bond acceptors (Lipinski definition) is 3. The molecule has 114 valence electrons. The van der Waals surface area contributed by atoms with Gasteiger partial charge in [0.1, 0.15) is 5.60 Å². The predicted octanol–water partition coefficient (Wildman–Crippen LogP) is 3.54. The zero-order valence-corrected chi connectivity index (χ0v) is 13.0. The first kappa shape index (κ1) is 15.3. The van der Waals surface area contributed by atoms with Gasteiger partial charge in [0.2, 0.25) is 0 Å². The fourth-order valence-electron chi connectivity index (χ4n) is 3.26. The number of ether oxygens (including phenoxy) is 1. The first-order valence-electron chi connectivity index (χ1n) is 7.92. The molecular weight excluding hydrogens is 254 g/mol. The number of amides is 1. The zero-order chi connectivity index (χ0) is 14.8. The van der Waals surface area contributed by atoms with E-state index in [1.54, 1.807) is 4.90 Å². The van der Waals surface area contributed by atoms with Crippen LogP contribution in [-0.4, -0.2) is 35.0 Å². The Morgan fingerprint density at radius 1 is 1.00 bits per heavy atom. The third-order valence-electron chi connectivity index (χ3n) is 4.22. The largest absolute Gasteiger partial charge is 0.444 e. The van der Waals surface area contributed by atoms with Crippen molar-refractivity contribution in [2.75, 3.05) is 6.54 Å². The summed E-state index contributed by atoms with van der Waals surface area (Å²) in [5, 5.41) is 0. The Morgan fingerprint density at radius 2 is 1.65 bits per heavy atom. The monoisotopic (exact) mass is 281 g/mol. The summed E-state index contributed by atoms with van der Waals surface area (Å²) in [5.74, 6) is 0.435. The smallest absolute Gasteiger partial charge is 0.410 e. The van der Waals surface area contributed by atoms with E-state index in [9.17, 15) is 9.59 Å². The fraction of sp³-hybridized carbons (Fsp3) is 0.875. The van der Waals surface area contributed by atoms with E-state index in [0.29, 0.717) is 6.54 Å². The van der Waals surface area contributed by atoms with E-state index in [-0.39, 0.29) is 23.8 Å². The number of hydrogen-bond donors (Lipinski definition) is 0. The molecule has 1 saturated heterocycles. The Hall–Kier alpha value is -1.06. The van der Waals surface area contributed by atoms with Crippen LogP contribution in [0.5, 0.6) is 0 Å². The first-order chi connectivity index (χ1) is 9.38. The summed E-state index contributed by atoms with van der Waals surface area (Å²) in [6, 6.07) is -0.243. The highest BCUT2D eigenvalue weighted by atomic mass is 16.6. The lowest BCUT2D eigenvalue weighted by Crippen LogP contribution is -2.45. The quantitative estimate of drug-likeness (QED) is 0.778. The zero-order valence-electron chi connectivity index (χ0n) is 13.0. The molecule has 0 N–H and O–H groups in total. The van der Waals surface area contributed by atoms with E-state index in [1.807, 2.05) is 20.8 Å². The molecule has 1 heterocycles. The van der Waals surface area contributed by atoms with Gasteiger partial charge in [0.25, 0.3) is 0 Å². The van der Waals surface area contributed by atoms with E-state index in [0.717, 1.165) is 38.5 Å². The van der Waals surface area contributed by atoms with Crippen molar-refractivity contribution < 1.29 is 14.3 Å². The maximum atomic E-state index is 12.6. The third-order valence-corrected chi connectivity index (χ3v) is 4.22. The summed E-state index contributed by atoms with van der Waals surface area (Å²) in [6.45, 7) is 6.23. The number of ketones is 1. The van der Waals surface area contributed by atoms with Gasteiger partial charge in [0, 0.05) is 12.5 Å². The van der Waals surface area contributed by atoms with Crippen molar-refractivity contribution in [1.29, 1.82) is 0 Å². The first-order valence-corrected chi connectivity index (χ1v) is 7.92. The van der Waals surface area contributed by atoms with Crippen LogP contribution in [0.4, 0.5) is 4.79 Å². The molecule has 1 aliphatic carbocycles. The highest BCUT2D eigenvalue weighted by Gasteiger charge is 2.39. The van der Waals surface area contributed by atoms with Gasteiger partial charge >= 0.3 is 6.09 Å². The molecule has 1 atom stereocenters. The van der Waals surface area contributed by atoms with Gasteiger partial charge in [-0.25, -0.2) is 4.79 Å². The Kier molecular flexibility index (Phi) is 4.71. The lowest BCUT2D eigenvalue weighted by Gasteiger charge is -2.30. The van der Waals surface area contributed by atoms with Crippen LogP contribution in [0.2, 0.25) is 0 Å². The average molecular weight is 281 g/mol. The molecule has 2 rings (SSSR count). The molecule has 0 aromatic heterocycles. The standard InChI is InChI=1S/C16H27NO3/c1-16(2,3)20-15(19)17-11-7-10-13(17)14(18)12-8-5-4-6-9-12/h12-13H,4-11H2,1-3H3. The molecule has 4 heteroatoms. The second-order valence-electron chi connectivity index (χ2n) is 7.07. The molecule has 1 saturated carbocycles. The van der Waals surface area contributed by atoms with Gasteiger partial charge in [-0.3, -0.25) is 9.69 Å². The van der Waals surface area contributed by atoms with Crippen LogP contribution < -0.4 is 0 Å². The molecule has 1 unspecified atom stereocenters. The molecule has 0 radical (unpaired) electrons. The number of Topliss-reactive ketones (excluding diaryl/α,β-unsaturated/α-hetero) is 1. The van der Waals surface area contributed by atoms with Gasteiger partial charge in [-0.15, -0.1) is 0 Å². The van der Waals surface area contributed by atoms with Crippen LogP contribution in [0.15, 0.2) is 0 Å². The van der Waals surface area contributed by atoms with Gasteiger partial charge in [0.05, 0.1) is 6.04 Å². The van der Waals surface area contributed by atoms with Gasteiger partial charge in [-0.2, -0.15) is 0 Å². The van der Waals surface area contributed by atoms with Crippen molar-refractivity contribution in [2.45, 2.75) is 77.4 Å². The second-order valence-corrected chi connectivity index (χ2v) is 7.07. The summed E-state index contributed by atoms with van der Waals surface area (Å²) in [6.07, 6.45) is 6.91. The van der Waals surface area contributed by atoms with Crippen molar-refractivity contribution in [2.24, 2.45) is 5.92 Å². The lowest BCUT2D eigenvalue weighted by atomic mass is 9.83. The molecule has 0 spiro atoms. The SMILES string of the molecule is CC(C)(C)OC(=O)N1CCCC1C(=O)C1CCCCC1. The lowest BCUT2D eigenvalue weighted by molar-refractivity contribution is -0.128. The van der Waals surface area contributed by atoms with Gasteiger partial charge < -0.3 is 4.74 Å². The van der Waals surface area contributed by atoms with Gasteiger partial charge in [-0.05, 0) is 46.5 Å². The normalized spacial score (nSPS) is 24.8. The fourth-order valence-corrected chi connectivity index (χ4v) is 3.26. The Labute approximate surface area is 121 Å². The van der Waals surface area contributed by atoms with E-state index >= 15 is 0 Å². The molecular formula is C16H27NO3. The molecule has 0 aromatic carbocycles. The van der Waals surface area contributed by atoms with Crippen molar-refractivity contribution in [1.82, 2.24) is 4.90 Å². The topological polar surface area (TPSA) is 46.6 Å².